The number of halogens is 4. The van der Waals surface area contributed by atoms with E-state index in [2.05, 4.69) is 5.32 Å². The van der Waals surface area contributed by atoms with Crippen molar-refractivity contribution in [2.45, 2.75) is 32.5 Å². The Balaban J connectivity index is 2.34. The van der Waals surface area contributed by atoms with Crippen molar-refractivity contribution in [2.24, 2.45) is 5.92 Å². The highest BCUT2D eigenvalue weighted by molar-refractivity contribution is 5.84. The van der Waals surface area contributed by atoms with Gasteiger partial charge in [0.2, 0.25) is 5.91 Å². The molecule has 0 aromatic heterocycles. The molecule has 1 heterocycles. The molecule has 3 nitrogen and oxygen atoms in total. The highest BCUT2D eigenvalue weighted by atomic mass is 19.3. The molecule has 0 radical (unpaired) electrons. The summed E-state index contributed by atoms with van der Waals surface area (Å²) in [4.78, 5) is 13.2. The summed E-state index contributed by atoms with van der Waals surface area (Å²) in [7, 11) is 0. The van der Waals surface area contributed by atoms with Gasteiger partial charge in [0.05, 0.1) is 12.6 Å². The van der Waals surface area contributed by atoms with Crippen LogP contribution in [-0.2, 0) is 4.79 Å². The normalized spacial score (nSPS) is 22.7. The van der Waals surface area contributed by atoms with Crippen LogP contribution in [0.3, 0.4) is 0 Å². The molecule has 1 aromatic rings. The molecule has 1 aliphatic heterocycles. The van der Waals surface area contributed by atoms with E-state index < -0.39 is 42.7 Å². The first-order chi connectivity index (χ1) is 9.81. The molecule has 1 fully saturated rings. The summed E-state index contributed by atoms with van der Waals surface area (Å²) in [5.74, 6) is -2.66. The minimum Gasteiger partial charge on any atom is -0.316 e. The number of hydrogen-bond donors (Lipinski definition) is 1. The number of carbonyl (C=O) groups excluding carboxylic acids is 1. The fourth-order valence-corrected chi connectivity index (χ4v) is 2.42. The third-order valence-electron chi connectivity index (χ3n) is 3.46. The Kier molecular flexibility index (Phi) is 4.51. The van der Waals surface area contributed by atoms with Crippen LogP contribution in [0.4, 0.5) is 17.6 Å². The van der Waals surface area contributed by atoms with Gasteiger partial charge in [-0.05, 0) is 23.6 Å². The van der Waals surface area contributed by atoms with Gasteiger partial charge in [0.1, 0.15) is 6.17 Å². The van der Waals surface area contributed by atoms with Gasteiger partial charge >= 0.3 is 0 Å². The summed E-state index contributed by atoms with van der Waals surface area (Å²) < 4.78 is 51.6. The van der Waals surface area contributed by atoms with Crippen LogP contribution in [-0.4, -0.2) is 29.8 Å². The molecule has 1 N–H and O–H groups in total. The molecule has 0 aliphatic carbocycles. The average molecular weight is 304 g/mol. The van der Waals surface area contributed by atoms with E-state index in [4.69, 9.17) is 0 Å². The predicted molar refractivity (Wildman–Crippen MR) is 68.6 cm³/mol. The molecule has 1 amide bonds. The van der Waals surface area contributed by atoms with Gasteiger partial charge in [0.15, 0.2) is 11.6 Å². The molecule has 7 heteroatoms. The Hall–Kier alpha value is -1.63. The monoisotopic (exact) mass is 304 g/mol. The lowest BCUT2D eigenvalue weighted by Crippen LogP contribution is -2.36. The van der Waals surface area contributed by atoms with Crippen molar-refractivity contribution in [2.75, 3.05) is 6.54 Å². The summed E-state index contributed by atoms with van der Waals surface area (Å²) >= 11 is 0. The maximum atomic E-state index is 13.3. The number of rotatable bonds is 4. The van der Waals surface area contributed by atoms with Crippen molar-refractivity contribution in [1.29, 1.82) is 0 Å². The van der Waals surface area contributed by atoms with E-state index in [0.717, 1.165) is 17.0 Å². The Morgan fingerprint density at radius 3 is 2.43 bits per heavy atom. The zero-order valence-electron chi connectivity index (χ0n) is 11.6. The molecular formula is C14H16F4N2O. The third kappa shape index (κ3) is 3.18. The number of carbonyl (C=O) groups is 1. The fraction of sp³-hybridized carbons (Fsp3) is 0.500. The van der Waals surface area contributed by atoms with Crippen LogP contribution in [0.1, 0.15) is 25.6 Å². The lowest BCUT2D eigenvalue weighted by atomic mass is 10.1. The van der Waals surface area contributed by atoms with E-state index in [0.29, 0.717) is 0 Å². The number of amides is 1. The standard InChI is InChI=1S/C14H16F4N2O/c1-7(2)12-14(21)20(6-11(17)18)13(19-12)8-3-4-9(15)10(16)5-8/h3-5,7,11-13,19H,6H2,1-2H3. The number of alkyl halides is 2. The number of nitrogens with zero attached hydrogens (tertiary/aromatic N) is 1. The molecule has 2 atom stereocenters. The summed E-state index contributed by atoms with van der Waals surface area (Å²) in [5.41, 5.74) is 0.242. The Bertz CT molecular complexity index is 536. The van der Waals surface area contributed by atoms with E-state index in [1.807, 2.05) is 0 Å². The zero-order chi connectivity index (χ0) is 15.7. The molecule has 1 aromatic carbocycles. The lowest BCUT2D eigenvalue weighted by Gasteiger charge is -2.24. The Morgan fingerprint density at radius 1 is 1.24 bits per heavy atom. The van der Waals surface area contributed by atoms with Crippen molar-refractivity contribution < 1.29 is 22.4 Å². The second-order valence-electron chi connectivity index (χ2n) is 5.35. The van der Waals surface area contributed by atoms with Crippen molar-refractivity contribution in [3.8, 4) is 0 Å². The Labute approximate surface area is 119 Å². The minimum absolute atomic E-state index is 0.104. The van der Waals surface area contributed by atoms with Crippen molar-refractivity contribution in [3.63, 3.8) is 0 Å². The summed E-state index contributed by atoms with van der Waals surface area (Å²) in [6.07, 6.45) is -3.58. The highest BCUT2D eigenvalue weighted by Crippen LogP contribution is 2.29. The van der Waals surface area contributed by atoms with Gasteiger partial charge in [-0.25, -0.2) is 17.6 Å². The maximum absolute atomic E-state index is 13.3. The molecule has 1 saturated heterocycles. The van der Waals surface area contributed by atoms with Crippen LogP contribution in [0.2, 0.25) is 0 Å². The first kappa shape index (κ1) is 15.8. The molecule has 0 bridgehead atoms. The molecule has 2 rings (SSSR count). The zero-order valence-corrected chi connectivity index (χ0v) is 11.6. The number of hydrogen-bond acceptors (Lipinski definition) is 2. The van der Waals surface area contributed by atoms with Gasteiger partial charge < -0.3 is 4.90 Å². The number of nitrogens with one attached hydrogen (secondary N) is 1. The highest BCUT2D eigenvalue weighted by Gasteiger charge is 2.42. The van der Waals surface area contributed by atoms with Gasteiger partial charge in [-0.1, -0.05) is 19.9 Å². The molecule has 116 valence electrons. The quantitative estimate of drug-likeness (QED) is 0.868. The van der Waals surface area contributed by atoms with E-state index >= 15 is 0 Å². The second-order valence-corrected chi connectivity index (χ2v) is 5.35. The molecule has 2 unspecified atom stereocenters. The van der Waals surface area contributed by atoms with Gasteiger partial charge in [-0.2, -0.15) is 0 Å². The van der Waals surface area contributed by atoms with Gasteiger partial charge in [0, 0.05) is 0 Å². The van der Waals surface area contributed by atoms with Gasteiger partial charge in [-0.15, -0.1) is 0 Å². The van der Waals surface area contributed by atoms with Crippen LogP contribution in [0.5, 0.6) is 0 Å². The van der Waals surface area contributed by atoms with Crippen molar-refractivity contribution >= 4 is 5.91 Å². The predicted octanol–water partition coefficient (Wildman–Crippen LogP) is 2.68. The second kappa shape index (κ2) is 6.01. The third-order valence-corrected chi connectivity index (χ3v) is 3.46. The molecule has 0 saturated carbocycles. The first-order valence-electron chi connectivity index (χ1n) is 6.61. The Morgan fingerprint density at radius 2 is 1.90 bits per heavy atom. The van der Waals surface area contributed by atoms with E-state index in [1.165, 1.54) is 6.07 Å². The molecular weight excluding hydrogens is 288 g/mol. The summed E-state index contributed by atoms with van der Waals surface area (Å²) in [5, 5.41) is 2.91. The van der Waals surface area contributed by atoms with Crippen LogP contribution >= 0.6 is 0 Å². The van der Waals surface area contributed by atoms with E-state index in [-0.39, 0.29) is 11.5 Å². The number of benzene rings is 1. The summed E-state index contributed by atoms with van der Waals surface area (Å²) in [6.45, 7) is 2.81. The lowest BCUT2D eigenvalue weighted by molar-refractivity contribution is -0.132. The van der Waals surface area contributed by atoms with Crippen LogP contribution in [0, 0.1) is 17.6 Å². The first-order valence-corrected chi connectivity index (χ1v) is 6.61. The topological polar surface area (TPSA) is 32.3 Å². The van der Waals surface area contributed by atoms with Crippen molar-refractivity contribution in [3.05, 3.63) is 35.4 Å². The smallest absolute Gasteiger partial charge is 0.255 e. The summed E-state index contributed by atoms with van der Waals surface area (Å²) in [6, 6.07) is 2.49. The van der Waals surface area contributed by atoms with Crippen LogP contribution < -0.4 is 5.32 Å². The maximum Gasteiger partial charge on any atom is 0.255 e. The van der Waals surface area contributed by atoms with Crippen molar-refractivity contribution in [1.82, 2.24) is 10.2 Å². The van der Waals surface area contributed by atoms with Gasteiger partial charge in [0.25, 0.3) is 6.43 Å². The van der Waals surface area contributed by atoms with Crippen LogP contribution in [0.15, 0.2) is 18.2 Å². The largest absolute Gasteiger partial charge is 0.316 e. The van der Waals surface area contributed by atoms with E-state index in [9.17, 15) is 22.4 Å². The minimum atomic E-state index is -2.70. The SMILES string of the molecule is CC(C)C1NC(c2ccc(F)c(F)c2)N(CC(F)F)C1=O. The molecule has 1 aliphatic rings. The molecule has 0 spiro atoms. The van der Waals surface area contributed by atoms with Gasteiger partial charge in [-0.3, -0.25) is 10.1 Å². The molecule has 21 heavy (non-hydrogen) atoms. The fourth-order valence-electron chi connectivity index (χ4n) is 2.42. The average Bonchev–Trinajstić information content (AvgIpc) is 2.70. The van der Waals surface area contributed by atoms with E-state index in [1.54, 1.807) is 13.8 Å². The van der Waals surface area contributed by atoms with Crippen LogP contribution in [0.25, 0.3) is 0 Å².